The minimum absolute atomic E-state index is 0.0196. The summed E-state index contributed by atoms with van der Waals surface area (Å²) in [4.78, 5) is 64.7. The maximum absolute atomic E-state index is 14.2. The van der Waals surface area contributed by atoms with Crippen LogP contribution in [0.2, 0.25) is 0 Å². The lowest BCUT2D eigenvalue weighted by atomic mass is 9.70. The summed E-state index contributed by atoms with van der Waals surface area (Å²) in [6.45, 7) is 10.8. The maximum atomic E-state index is 14.2. The molecule has 242 valence electrons. The highest BCUT2D eigenvalue weighted by molar-refractivity contribution is 7.11. The fourth-order valence-electron chi connectivity index (χ4n) is 7.71. The number of nitrogens with zero attached hydrogens (tertiary/aromatic N) is 4. The minimum atomic E-state index is -0.822. The molecule has 4 amide bonds. The summed E-state index contributed by atoms with van der Waals surface area (Å²) < 4.78 is 6.32. The molecule has 2 saturated carbocycles. The highest BCUT2D eigenvalue weighted by atomic mass is 32.1. The lowest BCUT2D eigenvalue weighted by Crippen LogP contribution is -2.66. The van der Waals surface area contributed by atoms with Gasteiger partial charge in [-0.1, -0.05) is 33.1 Å². The lowest BCUT2D eigenvalue weighted by molar-refractivity contribution is -0.153. The van der Waals surface area contributed by atoms with Crippen LogP contribution in [-0.2, 0) is 19.1 Å². The fraction of sp³-hybridized carbons (Fsp3) is 0.781. The van der Waals surface area contributed by atoms with Crippen molar-refractivity contribution in [3.63, 3.8) is 0 Å². The van der Waals surface area contributed by atoms with Crippen LogP contribution in [0.25, 0.3) is 0 Å². The third-order valence-electron chi connectivity index (χ3n) is 10.8. The Kier molecular flexibility index (Phi) is 9.05. The van der Waals surface area contributed by atoms with E-state index in [1.54, 1.807) is 16.6 Å². The second-order valence-corrected chi connectivity index (χ2v) is 15.4. The Labute approximate surface area is 264 Å². The molecule has 5 aliphatic rings. The average Bonchev–Trinajstić information content (AvgIpc) is 3.38. The van der Waals surface area contributed by atoms with Crippen LogP contribution in [0, 0.1) is 28.6 Å². The van der Waals surface area contributed by atoms with Gasteiger partial charge >= 0.3 is 0 Å². The molecule has 0 bridgehead atoms. The van der Waals surface area contributed by atoms with Crippen molar-refractivity contribution in [2.45, 2.75) is 71.4 Å². The molecule has 0 aromatic carbocycles. The minimum Gasteiger partial charge on any atom is -0.376 e. The Morgan fingerprint density at radius 2 is 1.73 bits per heavy atom. The number of amides is 4. The average molecular weight is 629 g/mol. The highest BCUT2D eigenvalue weighted by Gasteiger charge is 2.62. The molecule has 1 spiro atoms. The number of hydrogen-bond acceptors (Lipinski definition) is 8. The third kappa shape index (κ3) is 6.39. The molecule has 3 saturated heterocycles. The monoisotopic (exact) mass is 628 g/mol. The standard InChI is InChI=1S/C32H48N6O5S/c1-21(43-16-22-7-5-4-6-8-22)26(30(42)36-11-9-33-10-12-36)35-27(39)24-15-37(29(41)25-14-34-20-44-25)17-32(24)18-38(19-32)28(40)23-13-31(23,2)3/h14,20-24,26,33H,4-13,15-19H2,1-3H3,(H,35,39)/t21-,23-,24+,26+/m1/s1. The van der Waals surface area contributed by atoms with Gasteiger partial charge in [0.05, 0.1) is 23.7 Å². The van der Waals surface area contributed by atoms with Gasteiger partial charge in [-0.05, 0) is 37.5 Å². The number of nitrogens with one attached hydrogen (secondary N) is 2. The van der Waals surface area contributed by atoms with Crippen molar-refractivity contribution in [3.05, 3.63) is 16.6 Å². The van der Waals surface area contributed by atoms with Crippen LogP contribution >= 0.6 is 11.3 Å². The summed E-state index contributed by atoms with van der Waals surface area (Å²) in [5.41, 5.74) is 1.10. The van der Waals surface area contributed by atoms with Crippen molar-refractivity contribution in [2.75, 3.05) is 59.0 Å². The number of rotatable bonds is 9. The van der Waals surface area contributed by atoms with Gasteiger partial charge in [0.15, 0.2) is 0 Å². The van der Waals surface area contributed by atoms with E-state index in [9.17, 15) is 19.2 Å². The van der Waals surface area contributed by atoms with Crippen molar-refractivity contribution < 1.29 is 23.9 Å². The molecule has 4 heterocycles. The first-order valence-electron chi connectivity index (χ1n) is 16.5. The maximum Gasteiger partial charge on any atom is 0.265 e. The molecule has 11 nitrogen and oxygen atoms in total. The van der Waals surface area contributed by atoms with E-state index in [1.165, 1.54) is 30.6 Å². The molecule has 3 aliphatic heterocycles. The van der Waals surface area contributed by atoms with E-state index in [0.717, 1.165) is 19.3 Å². The van der Waals surface area contributed by atoms with Gasteiger partial charge in [-0.3, -0.25) is 24.2 Å². The molecular weight excluding hydrogens is 580 g/mol. The normalized spacial score (nSPS) is 27.5. The molecule has 12 heteroatoms. The number of likely N-dealkylation sites (tertiary alicyclic amines) is 2. The van der Waals surface area contributed by atoms with Gasteiger partial charge in [-0.15, -0.1) is 11.3 Å². The molecule has 2 aliphatic carbocycles. The Bertz CT molecular complexity index is 1220. The molecule has 4 atom stereocenters. The zero-order chi connectivity index (χ0) is 31.1. The van der Waals surface area contributed by atoms with Crippen LogP contribution in [0.1, 0.15) is 69.0 Å². The number of piperazine rings is 1. The van der Waals surface area contributed by atoms with E-state index in [0.29, 0.717) is 63.2 Å². The van der Waals surface area contributed by atoms with E-state index < -0.39 is 23.5 Å². The molecule has 1 aromatic heterocycles. The summed E-state index contributed by atoms with van der Waals surface area (Å²) in [5.74, 6) is -0.411. The first kappa shape index (κ1) is 31.4. The number of aromatic nitrogens is 1. The van der Waals surface area contributed by atoms with E-state index >= 15 is 0 Å². The van der Waals surface area contributed by atoms with Gasteiger partial charge in [0.1, 0.15) is 10.9 Å². The Morgan fingerprint density at radius 3 is 2.36 bits per heavy atom. The van der Waals surface area contributed by atoms with E-state index in [4.69, 9.17) is 4.74 Å². The molecule has 0 radical (unpaired) electrons. The number of carbonyl (C=O) groups is 4. The van der Waals surface area contributed by atoms with E-state index in [2.05, 4.69) is 29.5 Å². The first-order chi connectivity index (χ1) is 21.1. The number of hydrogen-bond donors (Lipinski definition) is 2. The van der Waals surface area contributed by atoms with E-state index in [-0.39, 0.29) is 41.5 Å². The zero-order valence-electron chi connectivity index (χ0n) is 26.4. The Morgan fingerprint density at radius 1 is 1.05 bits per heavy atom. The van der Waals surface area contributed by atoms with Crippen molar-refractivity contribution in [3.8, 4) is 0 Å². The van der Waals surface area contributed by atoms with Gasteiger partial charge < -0.3 is 30.1 Å². The molecule has 44 heavy (non-hydrogen) atoms. The van der Waals surface area contributed by atoms with Crippen LogP contribution in [-0.4, -0.2) is 114 Å². The topological polar surface area (TPSA) is 124 Å². The second kappa shape index (κ2) is 12.7. The van der Waals surface area contributed by atoms with Crippen LogP contribution in [0.15, 0.2) is 11.7 Å². The molecule has 5 fully saturated rings. The summed E-state index contributed by atoms with van der Waals surface area (Å²) in [6, 6.07) is -0.822. The molecule has 2 N–H and O–H groups in total. The van der Waals surface area contributed by atoms with Crippen LogP contribution in [0.3, 0.4) is 0 Å². The smallest absolute Gasteiger partial charge is 0.265 e. The molecule has 1 aromatic rings. The number of thiazole rings is 1. The quantitative estimate of drug-likeness (QED) is 0.429. The van der Waals surface area contributed by atoms with E-state index in [1.807, 2.05) is 16.7 Å². The van der Waals surface area contributed by atoms with Crippen LogP contribution < -0.4 is 10.6 Å². The largest absolute Gasteiger partial charge is 0.376 e. The van der Waals surface area contributed by atoms with Gasteiger partial charge in [0.25, 0.3) is 5.91 Å². The van der Waals surface area contributed by atoms with Gasteiger partial charge in [0.2, 0.25) is 17.7 Å². The highest BCUT2D eigenvalue weighted by Crippen LogP contribution is 2.54. The van der Waals surface area contributed by atoms with Crippen molar-refractivity contribution in [2.24, 2.45) is 28.6 Å². The summed E-state index contributed by atoms with van der Waals surface area (Å²) in [5, 5.41) is 6.42. The van der Waals surface area contributed by atoms with Crippen LogP contribution in [0.5, 0.6) is 0 Å². The Hall–Kier alpha value is -2.57. The molecule has 6 rings (SSSR count). The zero-order valence-corrected chi connectivity index (χ0v) is 27.2. The SMILES string of the molecule is C[C@@H](OCC1CCCCC1)[C@H](NC(=O)[C@@H]1CN(C(=O)c2cncs2)CC12CN(C(=O)[C@H]1CC1(C)C)C2)C(=O)N1CCNCC1. The summed E-state index contributed by atoms with van der Waals surface area (Å²) in [6.07, 6.45) is 7.90. The number of ether oxygens (including phenoxy) is 1. The number of carbonyl (C=O) groups excluding carboxylic acids is 4. The van der Waals surface area contributed by atoms with Gasteiger partial charge in [0, 0.05) is 70.3 Å². The van der Waals surface area contributed by atoms with Crippen molar-refractivity contribution in [1.82, 2.24) is 30.3 Å². The molecular formula is C32H48N6O5S. The molecule has 0 unspecified atom stereocenters. The third-order valence-corrected chi connectivity index (χ3v) is 11.6. The predicted molar refractivity (Wildman–Crippen MR) is 166 cm³/mol. The van der Waals surface area contributed by atoms with Gasteiger partial charge in [-0.2, -0.15) is 0 Å². The van der Waals surface area contributed by atoms with Crippen molar-refractivity contribution in [1.29, 1.82) is 0 Å². The summed E-state index contributed by atoms with van der Waals surface area (Å²) >= 11 is 1.28. The second-order valence-electron chi connectivity index (χ2n) is 14.5. The van der Waals surface area contributed by atoms with Crippen LogP contribution in [0.4, 0.5) is 0 Å². The Balaban J connectivity index is 1.18. The predicted octanol–water partition coefficient (Wildman–Crippen LogP) is 1.99. The summed E-state index contributed by atoms with van der Waals surface area (Å²) in [7, 11) is 0. The lowest BCUT2D eigenvalue weighted by Gasteiger charge is -2.50. The van der Waals surface area contributed by atoms with Crippen molar-refractivity contribution >= 4 is 35.0 Å². The first-order valence-corrected chi connectivity index (χ1v) is 17.3. The van der Waals surface area contributed by atoms with Gasteiger partial charge in [-0.25, -0.2) is 0 Å². The fourth-order valence-corrected chi connectivity index (χ4v) is 8.30.